The standard InChI is InChI=1S/C11H18N2O2S.C6H4Br2N2O2/c1-4-13(5-2)11-8-6-7-10(9-11)12-16(3,14)15;7-4-1-3(10(11)12)2-5(8)6(4)9/h6-9,12H,4-5H2,1-3H3;1-2H,9H2. The topological polar surface area (TPSA) is 119 Å². The molecule has 8 nitrogen and oxygen atoms in total. The molecule has 11 heteroatoms. The van der Waals surface area contributed by atoms with Crippen LogP contribution in [0.4, 0.5) is 22.7 Å². The third kappa shape index (κ3) is 7.64. The van der Waals surface area contributed by atoms with Crippen molar-refractivity contribution in [1.82, 2.24) is 0 Å². The second kappa shape index (κ2) is 10.6. The molecule has 0 saturated heterocycles. The molecule has 0 aliphatic heterocycles. The lowest BCUT2D eigenvalue weighted by Gasteiger charge is -2.21. The predicted octanol–water partition coefficient (Wildman–Crippen LogP) is 4.61. The third-order valence-corrected chi connectivity index (χ3v) is 5.47. The van der Waals surface area contributed by atoms with E-state index in [0.717, 1.165) is 25.0 Å². The lowest BCUT2D eigenvalue weighted by atomic mass is 10.2. The number of nitrogens with two attached hydrogens (primary N) is 1. The molecule has 0 saturated carbocycles. The van der Waals surface area contributed by atoms with Gasteiger partial charge in [0.25, 0.3) is 5.69 Å². The summed E-state index contributed by atoms with van der Waals surface area (Å²) >= 11 is 6.21. The number of anilines is 3. The first-order chi connectivity index (χ1) is 13.0. The van der Waals surface area contributed by atoms with Crippen LogP contribution in [0.25, 0.3) is 0 Å². The Labute approximate surface area is 181 Å². The molecule has 0 amide bonds. The first-order valence-electron chi connectivity index (χ1n) is 8.20. The van der Waals surface area contributed by atoms with Crippen LogP contribution in [-0.2, 0) is 10.0 Å². The van der Waals surface area contributed by atoms with Crippen molar-refractivity contribution in [3.63, 3.8) is 0 Å². The molecule has 0 aromatic heterocycles. The van der Waals surface area contributed by atoms with Gasteiger partial charge in [-0.1, -0.05) is 6.07 Å². The number of hydrogen-bond donors (Lipinski definition) is 2. The molecular formula is C17H22Br2N4O4S. The van der Waals surface area contributed by atoms with Crippen LogP contribution in [0.5, 0.6) is 0 Å². The second-order valence-corrected chi connectivity index (χ2v) is 9.13. The molecule has 0 spiro atoms. The van der Waals surface area contributed by atoms with E-state index in [9.17, 15) is 18.5 Å². The van der Waals surface area contributed by atoms with Crippen LogP contribution in [0.2, 0.25) is 0 Å². The Bertz CT molecular complexity index is 911. The van der Waals surface area contributed by atoms with E-state index < -0.39 is 14.9 Å². The summed E-state index contributed by atoms with van der Waals surface area (Å²) in [7, 11) is -3.20. The molecule has 0 fully saturated rings. The molecule has 0 atom stereocenters. The van der Waals surface area contributed by atoms with Crippen molar-refractivity contribution in [2.75, 3.05) is 34.7 Å². The summed E-state index contributed by atoms with van der Waals surface area (Å²) in [5.74, 6) is 0. The fourth-order valence-electron chi connectivity index (χ4n) is 2.25. The number of nitrogen functional groups attached to an aromatic ring is 1. The van der Waals surface area contributed by atoms with Crippen LogP contribution in [0.15, 0.2) is 45.3 Å². The van der Waals surface area contributed by atoms with Crippen LogP contribution in [0, 0.1) is 10.1 Å². The first kappa shape index (κ1) is 24.2. The molecule has 2 aromatic carbocycles. The molecule has 2 aromatic rings. The number of nitro benzene ring substituents is 1. The van der Waals surface area contributed by atoms with Crippen molar-refractivity contribution in [2.24, 2.45) is 0 Å². The molecular weight excluding hydrogens is 516 g/mol. The van der Waals surface area contributed by atoms with Gasteiger partial charge in [-0.05, 0) is 63.9 Å². The fraction of sp³-hybridized carbons (Fsp3) is 0.294. The number of hydrogen-bond acceptors (Lipinski definition) is 6. The summed E-state index contributed by atoms with van der Waals surface area (Å²) in [6, 6.07) is 10.1. The molecule has 154 valence electrons. The van der Waals surface area contributed by atoms with Gasteiger partial charge in [-0.2, -0.15) is 0 Å². The summed E-state index contributed by atoms with van der Waals surface area (Å²) in [5.41, 5.74) is 7.63. The van der Waals surface area contributed by atoms with E-state index >= 15 is 0 Å². The van der Waals surface area contributed by atoms with E-state index in [1.54, 1.807) is 6.07 Å². The highest BCUT2D eigenvalue weighted by Crippen LogP contribution is 2.32. The van der Waals surface area contributed by atoms with E-state index in [1.807, 2.05) is 18.2 Å². The fourth-order valence-corrected chi connectivity index (χ4v) is 3.96. The number of nitrogens with one attached hydrogen (secondary N) is 1. The van der Waals surface area contributed by atoms with Gasteiger partial charge in [-0.15, -0.1) is 0 Å². The van der Waals surface area contributed by atoms with Gasteiger partial charge in [-0.25, -0.2) is 8.42 Å². The van der Waals surface area contributed by atoms with Gasteiger partial charge in [0.05, 0.1) is 22.6 Å². The Morgan fingerprint density at radius 2 is 1.68 bits per heavy atom. The number of benzene rings is 2. The normalized spacial score (nSPS) is 10.6. The van der Waals surface area contributed by atoms with Gasteiger partial charge in [0.1, 0.15) is 0 Å². The van der Waals surface area contributed by atoms with Gasteiger partial charge in [0.15, 0.2) is 0 Å². The van der Waals surface area contributed by atoms with E-state index in [-0.39, 0.29) is 5.69 Å². The zero-order valence-corrected chi connectivity index (χ0v) is 19.6. The molecule has 0 unspecified atom stereocenters. The van der Waals surface area contributed by atoms with Crippen LogP contribution >= 0.6 is 31.9 Å². The summed E-state index contributed by atoms with van der Waals surface area (Å²) in [4.78, 5) is 12.0. The number of nitro groups is 1. The summed E-state index contributed by atoms with van der Waals surface area (Å²) in [5, 5.41) is 10.3. The molecule has 0 heterocycles. The number of sulfonamides is 1. The molecule has 0 aliphatic carbocycles. The van der Waals surface area contributed by atoms with Gasteiger partial charge in [0, 0.05) is 39.9 Å². The predicted molar refractivity (Wildman–Crippen MR) is 121 cm³/mol. The van der Waals surface area contributed by atoms with Crippen LogP contribution in [0.3, 0.4) is 0 Å². The van der Waals surface area contributed by atoms with Gasteiger partial charge < -0.3 is 10.6 Å². The average molecular weight is 538 g/mol. The number of halogens is 2. The van der Waals surface area contributed by atoms with E-state index in [4.69, 9.17) is 5.73 Å². The van der Waals surface area contributed by atoms with E-state index in [2.05, 4.69) is 55.3 Å². The van der Waals surface area contributed by atoms with E-state index in [1.165, 1.54) is 12.1 Å². The Kier molecular flexibility index (Phi) is 9.18. The van der Waals surface area contributed by atoms with Crippen molar-refractivity contribution >= 4 is 64.6 Å². The zero-order valence-electron chi connectivity index (χ0n) is 15.6. The number of non-ortho nitro benzene ring substituents is 1. The maximum absolute atomic E-state index is 11.1. The Hall–Kier alpha value is -1.85. The highest BCUT2D eigenvalue weighted by atomic mass is 79.9. The first-order valence-corrected chi connectivity index (χ1v) is 11.7. The maximum atomic E-state index is 11.1. The molecule has 28 heavy (non-hydrogen) atoms. The van der Waals surface area contributed by atoms with Crippen LogP contribution in [-0.4, -0.2) is 32.7 Å². The Balaban J connectivity index is 0.000000292. The average Bonchev–Trinajstić information content (AvgIpc) is 2.59. The molecule has 0 bridgehead atoms. The minimum absolute atomic E-state index is 0.00273. The van der Waals surface area contributed by atoms with Crippen molar-refractivity contribution < 1.29 is 13.3 Å². The second-order valence-electron chi connectivity index (χ2n) is 5.68. The molecule has 0 radical (unpaired) electrons. The van der Waals surface area contributed by atoms with Gasteiger partial charge >= 0.3 is 0 Å². The van der Waals surface area contributed by atoms with Gasteiger partial charge in [0.2, 0.25) is 10.0 Å². The van der Waals surface area contributed by atoms with Crippen molar-refractivity contribution in [1.29, 1.82) is 0 Å². The minimum Gasteiger partial charge on any atom is -0.397 e. The summed E-state index contributed by atoms with van der Waals surface area (Å²) in [6.45, 7) is 5.94. The highest BCUT2D eigenvalue weighted by molar-refractivity contribution is 9.11. The number of nitrogens with zero attached hydrogens (tertiary/aromatic N) is 2. The molecule has 2 rings (SSSR count). The summed E-state index contributed by atoms with van der Waals surface area (Å²) < 4.78 is 25.7. The monoisotopic (exact) mass is 536 g/mol. The number of rotatable bonds is 6. The minimum atomic E-state index is -3.20. The highest BCUT2D eigenvalue weighted by Gasteiger charge is 2.11. The zero-order chi connectivity index (χ0) is 21.5. The quantitative estimate of drug-likeness (QED) is 0.315. The third-order valence-electron chi connectivity index (χ3n) is 3.55. The van der Waals surface area contributed by atoms with Crippen molar-refractivity contribution in [2.45, 2.75) is 13.8 Å². The van der Waals surface area contributed by atoms with E-state index in [0.29, 0.717) is 20.3 Å². The maximum Gasteiger partial charge on any atom is 0.271 e. The SMILES string of the molecule is CCN(CC)c1cccc(NS(C)(=O)=O)c1.Nc1c(Br)cc([N+](=O)[O-])cc1Br. The van der Waals surface area contributed by atoms with Crippen molar-refractivity contribution in [3.05, 3.63) is 55.5 Å². The lowest BCUT2D eigenvalue weighted by Crippen LogP contribution is -2.21. The van der Waals surface area contributed by atoms with Gasteiger partial charge in [-0.3, -0.25) is 14.8 Å². The molecule has 0 aliphatic rings. The lowest BCUT2D eigenvalue weighted by molar-refractivity contribution is -0.385. The Morgan fingerprint density at radius 1 is 1.14 bits per heavy atom. The summed E-state index contributed by atoms with van der Waals surface area (Å²) in [6.07, 6.45) is 1.15. The van der Waals surface area contributed by atoms with Crippen LogP contribution < -0.4 is 15.4 Å². The smallest absolute Gasteiger partial charge is 0.271 e. The Morgan fingerprint density at radius 3 is 2.11 bits per heavy atom. The van der Waals surface area contributed by atoms with Crippen molar-refractivity contribution in [3.8, 4) is 0 Å². The van der Waals surface area contributed by atoms with Crippen LogP contribution in [0.1, 0.15) is 13.8 Å². The largest absolute Gasteiger partial charge is 0.397 e. The molecule has 3 N–H and O–H groups in total.